The first-order valence-corrected chi connectivity index (χ1v) is 4.96. The van der Waals surface area contributed by atoms with Crippen molar-refractivity contribution in [2.45, 2.75) is 6.54 Å². The molecule has 6 heteroatoms. The topological polar surface area (TPSA) is 68.2 Å². The molecule has 0 atom stereocenters. The fourth-order valence-corrected chi connectivity index (χ4v) is 1.68. The second-order valence-electron chi connectivity index (χ2n) is 2.83. The third-order valence-electron chi connectivity index (χ3n) is 1.90. The number of nitrogens with one attached hydrogen (secondary N) is 1. The summed E-state index contributed by atoms with van der Waals surface area (Å²) in [6.45, 7) is 0.433. The Labute approximate surface area is 89.5 Å². The molecule has 14 heavy (non-hydrogen) atoms. The first-order chi connectivity index (χ1) is 6.74. The van der Waals surface area contributed by atoms with Crippen molar-refractivity contribution < 1.29 is 0 Å². The molecule has 0 saturated heterocycles. The first-order valence-electron chi connectivity index (χ1n) is 4.16. The summed E-state index contributed by atoms with van der Waals surface area (Å²) in [6.07, 6.45) is 3.74. The van der Waals surface area contributed by atoms with Crippen LogP contribution in [0.3, 0.4) is 0 Å². The molecule has 0 fully saturated rings. The second-order valence-corrected chi connectivity index (χ2v) is 3.64. The van der Waals surface area contributed by atoms with Crippen LogP contribution in [-0.2, 0) is 6.54 Å². The summed E-state index contributed by atoms with van der Waals surface area (Å²) in [5.41, 5.74) is 7.15. The van der Waals surface area contributed by atoms with Gasteiger partial charge in [-0.05, 0) is 15.9 Å². The molecule has 0 aliphatic rings. The van der Waals surface area contributed by atoms with Crippen LogP contribution in [0.5, 0.6) is 0 Å². The van der Waals surface area contributed by atoms with Gasteiger partial charge in [-0.15, -0.1) is 0 Å². The Morgan fingerprint density at radius 1 is 1.50 bits per heavy atom. The van der Waals surface area contributed by atoms with Crippen LogP contribution in [0.15, 0.2) is 17.0 Å². The van der Waals surface area contributed by atoms with E-state index in [0.29, 0.717) is 6.54 Å². The number of hydrogen-bond acceptors (Lipinski definition) is 4. The van der Waals surface area contributed by atoms with Gasteiger partial charge < -0.3 is 15.5 Å². The van der Waals surface area contributed by atoms with Crippen molar-refractivity contribution in [2.24, 2.45) is 5.73 Å². The number of imidazole rings is 1. The minimum Gasteiger partial charge on any atom is -0.370 e. The van der Waals surface area contributed by atoms with Crippen molar-refractivity contribution in [1.29, 1.82) is 0 Å². The number of nitrogens with zero attached hydrogens (tertiary/aromatic N) is 3. The molecule has 74 valence electrons. The van der Waals surface area contributed by atoms with Gasteiger partial charge in [-0.1, -0.05) is 0 Å². The van der Waals surface area contributed by atoms with Gasteiger partial charge in [0.2, 0.25) is 0 Å². The van der Waals surface area contributed by atoms with Gasteiger partial charge >= 0.3 is 0 Å². The van der Waals surface area contributed by atoms with E-state index in [4.69, 9.17) is 5.73 Å². The van der Waals surface area contributed by atoms with E-state index >= 15 is 0 Å². The molecule has 0 unspecified atom stereocenters. The summed E-state index contributed by atoms with van der Waals surface area (Å²) in [5.74, 6) is 0.735. The molecule has 0 saturated carbocycles. The summed E-state index contributed by atoms with van der Waals surface area (Å²) in [5, 5.41) is 2.98. The average Bonchev–Trinajstić information content (AvgIpc) is 2.59. The van der Waals surface area contributed by atoms with Crippen molar-refractivity contribution in [2.75, 3.05) is 12.4 Å². The van der Waals surface area contributed by atoms with E-state index in [9.17, 15) is 0 Å². The third-order valence-corrected chi connectivity index (χ3v) is 2.29. The molecule has 0 amide bonds. The van der Waals surface area contributed by atoms with E-state index in [1.54, 1.807) is 0 Å². The molecule has 0 bridgehead atoms. The fraction of sp³-hybridized carbons (Fsp3) is 0.250. The molecule has 0 aromatic carbocycles. The van der Waals surface area contributed by atoms with Crippen LogP contribution in [0, 0.1) is 0 Å². The lowest BCUT2D eigenvalue weighted by molar-refractivity contribution is 1.01. The van der Waals surface area contributed by atoms with Crippen LogP contribution < -0.4 is 11.1 Å². The van der Waals surface area contributed by atoms with Crippen LogP contribution in [-0.4, -0.2) is 21.4 Å². The monoisotopic (exact) mass is 255 g/mol. The second kappa shape index (κ2) is 3.55. The predicted molar refractivity (Wildman–Crippen MR) is 58.1 cm³/mol. The minimum absolute atomic E-state index is 0.433. The van der Waals surface area contributed by atoms with Gasteiger partial charge in [0.05, 0.1) is 5.69 Å². The molecule has 0 radical (unpaired) electrons. The van der Waals surface area contributed by atoms with E-state index in [1.807, 2.05) is 23.8 Å². The highest BCUT2D eigenvalue weighted by Crippen LogP contribution is 2.17. The van der Waals surface area contributed by atoms with Crippen molar-refractivity contribution in [3.63, 3.8) is 0 Å². The van der Waals surface area contributed by atoms with Gasteiger partial charge in [-0.2, -0.15) is 0 Å². The van der Waals surface area contributed by atoms with Crippen LogP contribution in [0.4, 0.5) is 5.82 Å². The Hall–Kier alpha value is -1.14. The van der Waals surface area contributed by atoms with E-state index in [2.05, 4.69) is 31.2 Å². The van der Waals surface area contributed by atoms with Gasteiger partial charge in [-0.3, -0.25) is 0 Å². The summed E-state index contributed by atoms with van der Waals surface area (Å²) in [7, 11) is 1.81. The zero-order valence-corrected chi connectivity index (χ0v) is 9.24. The molecule has 2 rings (SSSR count). The minimum atomic E-state index is 0.433. The molecule has 2 aromatic heterocycles. The van der Waals surface area contributed by atoms with Crippen molar-refractivity contribution in [3.05, 3.63) is 22.7 Å². The average molecular weight is 256 g/mol. The number of hydrogen-bond donors (Lipinski definition) is 2. The van der Waals surface area contributed by atoms with Crippen molar-refractivity contribution in [1.82, 2.24) is 14.4 Å². The number of rotatable bonds is 2. The maximum Gasteiger partial charge on any atom is 0.180 e. The SMILES string of the molecule is CNc1nc(Br)cn2cc(CN)nc12. The standard InChI is InChI=1S/C8H10BrN5/c1-11-7-8-12-5(2-10)3-14(8)4-6(9)13-7/h3-4H,2,10H2,1H3,(H,11,13). The zero-order valence-electron chi connectivity index (χ0n) is 7.66. The summed E-state index contributed by atoms with van der Waals surface area (Å²) in [4.78, 5) is 8.58. The summed E-state index contributed by atoms with van der Waals surface area (Å²) in [6, 6.07) is 0. The van der Waals surface area contributed by atoms with Gasteiger partial charge in [0.1, 0.15) is 4.60 Å². The number of aromatic nitrogens is 3. The lowest BCUT2D eigenvalue weighted by Gasteiger charge is -2.01. The highest BCUT2D eigenvalue weighted by Gasteiger charge is 2.06. The van der Waals surface area contributed by atoms with E-state index in [0.717, 1.165) is 21.8 Å². The maximum atomic E-state index is 5.51. The van der Waals surface area contributed by atoms with Gasteiger partial charge in [0.15, 0.2) is 11.5 Å². The van der Waals surface area contributed by atoms with E-state index < -0.39 is 0 Å². The molecule has 2 heterocycles. The van der Waals surface area contributed by atoms with Gasteiger partial charge in [-0.25, -0.2) is 9.97 Å². The van der Waals surface area contributed by atoms with Crippen LogP contribution >= 0.6 is 15.9 Å². The van der Waals surface area contributed by atoms with E-state index in [-0.39, 0.29) is 0 Å². The van der Waals surface area contributed by atoms with Gasteiger partial charge in [0.25, 0.3) is 0 Å². The van der Waals surface area contributed by atoms with Crippen LogP contribution in [0.25, 0.3) is 5.65 Å². The molecule has 2 aromatic rings. The Kier molecular flexibility index (Phi) is 2.39. The van der Waals surface area contributed by atoms with Crippen LogP contribution in [0.1, 0.15) is 5.69 Å². The quantitative estimate of drug-likeness (QED) is 0.840. The summed E-state index contributed by atoms with van der Waals surface area (Å²) >= 11 is 3.32. The van der Waals surface area contributed by atoms with Gasteiger partial charge in [0, 0.05) is 26.0 Å². The zero-order chi connectivity index (χ0) is 10.1. The fourth-order valence-electron chi connectivity index (χ4n) is 1.28. The smallest absolute Gasteiger partial charge is 0.180 e. The molecule has 0 aliphatic heterocycles. The number of nitrogens with two attached hydrogens (primary N) is 1. The largest absolute Gasteiger partial charge is 0.370 e. The molecule has 3 N–H and O–H groups in total. The summed E-state index contributed by atoms with van der Waals surface area (Å²) < 4.78 is 2.65. The Balaban J connectivity index is 2.71. The third kappa shape index (κ3) is 1.46. The Bertz CT molecular complexity index is 464. The Morgan fingerprint density at radius 2 is 2.29 bits per heavy atom. The number of halogens is 1. The maximum absolute atomic E-state index is 5.51. The van der Waals surface area contributed by atoms with Crippen molar-refractivity contribution in [3.8, 4) is 0 Å². The van der Waals surface area contributed by atoms with E-state index in [1.165, 1.54) is 0 Å². The van der Waals surface area contributed by atoms with Crippen molar-refractivity contribution >= 4 is 27.4 Å². The molecule has 0 spiro atoms. The highest BCUT2D eigenvalue weighted by molar-refractivity contribution is 9.10. The molecular weight excluding hydrogens is 246 g/mol. The van der Waals surface area contributed by atoms with Crippen LogP contribution in [0.2, 0.25) is 0 Å². The molecular formula is C8H10BrN5. The number of anilines is 1. The molecule has 0 aliphatic carbocycles. The Morgan fingerprint density at radius 3 is 2.93 bits per heavy atom. The molecule has 5 nitrogen and oxygen atoms in total. The first kappa shape index (κ1) is 9.42. The number of fused-ring (bicyclic) bond motifs is 1. The predicted octanol–water partition coefficient (Wildman–Crippen LogP) is 0.992. The normalized spacial score (nSPS) is 10.8. The lowest BCUT2D eigenvalue weighted by Crippen LogP contribution is -1.98. The lowest BCUT2D eigenvalue weighted by atomic mass is 10.5. The highest BCUT2D eigenvalue weighted by atomic mass is 79.9.